The topological polar surface area (TPSA) is 75.6 Å². The monoisotopic (exact) mass is 313 g/mol. The molecule has 1 aliphatic heterocycles. The predicted octanol–water partition coefficient (Wildman–Crippen LogP) is 1.43. The number of sulfonamides is 1. The highest BCUT2D eigenvalue weighted by atomic mass is 32.2. The lowest BCUT2D eigenvalue weighted by molar-refractivity contribution is -0.0228. The van der Waals surface area contributed by atoms with Crippen molar-refractivity contribution in [3.8, 4) is 0 Å². The van der Waals surface area contributed by atoms with Crippen LogP contribution < -0.4 is 4.72 Å². The zero-order valence-corrected chi connectivity index (χ0v) is 13.8. The third-order valence-corrected chi connectivity index (χ3v) is 5.81. The molecule has 2 N–H and O–H groups in total. The van der Waals surface area contributed by atoms with E-state index in [4.69, 9.17) is 4.74 Å². The van der Waals surface area contributed by atoms with Crippen molar-refractivity contribution in [2.45, 2.75) is 50.7 Å². The van der Waals surface area contributed by atoms with Crippen molar-refractivity contribution in [2.75, 3.05) is 13.2 Å². The van der Waals surface area contributed by atoms with Gasteiger partial charge in [0.25, 0.3) is 0 Å². The molecule has 6 heteroatoms. The molecule has 1 aromatic rings. The maximum atomic E-state index is 12.5. The van der Waals surface area contributed by atoms with E-state index in [0.29, 0.717) is 29.1 Å². The van der Waals surface area contributed by atoms with Crippen molar-refractivity contribution in [3.05, 3.63) is 28.8 Å². The number of ether oxygens (including phenoxy) is 1. The average molecular weight is 313 g/mol. The number of aliphatic hydroxyl groups is 1. The van der Waals surface area contributed by atoms with Crippen molar-refractivity contribution in [1.82, 2.24) is 4.72 Å². The fraction of sp³-hybridized carbons (Fsp3) is 0.600. The molecule has 0 saturated carbocycles. The molecular formula is C15H23NO4S. The van der Waals surface area contributed by atoms with E-state index >= 15 is 0 Å². The van der Waals surface area contributed by atoms with E-state index in [-0.39, 0.29) is 12.6 Å². The second kappa shape index (κ2) is 5.68. The molecule has 1 saturated heterocycles. The summed E-state index contributed by atoms with van der Waals surface area (Å²) in [5, 5.41) is 10.4. The Hall–Kier alpha value is -0.950. The summed E-state index contributed by atoms with van der Waals surface area (Å²) in [6, 6.07) is 3.69. The van der Waals surface area contributed by atoms with E-state index in [1.54, 1.807) is 20.8 Å². The van der Waals surface area contributed by atoms with Gasteiger partial charge >= 0.3 is 0 Å². The Balaban J connectivity index is 2.24. The third-order valence-electron chi connectivity index (χ3n) is 4.10. The Morgan fingerprint density at radius 1 is 1.33 bits per heavy atom. The molecule has 1 aliphatic rings. The lowest BCUT2D eigenvalue weighted by atomic mass is 9.97. The van der Waals surface area contributed by atoms with Crippen molar-refractivity contribution in [2.24, 2.45) is 0 Å². The Labute approximate surface area is 126 Å². The Morgan fingerprint density at radius 3 is 2.38 bits per heavy atom. The highest BCUT2D eigenvalue weighted by Crippen LogP contribution is 2.26. The second-order valence-corrected chi connectivity index (χ2v) is 7.62. The van der Waals surface area contributed by atoms with Crippen LogP contribution in [0.1, 0.15) is 30.0 Å². The van der Waals surface area contributed by atoms with Gasteiger partial charge in [-0.15, -0.1) is 0 Å². The van der Waals surface area contributed by atoms with Crippen LogP contribution in [0, 0.1) is 20.8 Å². The summed E-state index contributed by atoms with van der Waals surface area (Å²) in [4.78, 5) is 0.295. The molecule has 0 bridgehead atoms. The van der Waals surface area contributed by atoms with Crippen molar-refractivity contribution in [3.63, 3.8) is 0 Å². The molecule has 0 aromatic heterocycles. The molecule has 5 nitrogen and oxygen atoms in total. The summed E-state index contributed by atoms with van der Waals surface area (Å²) in [5.74, 6) is 0. The second-order valence-electron chi connectivity index (χ2n) is 5.92. The fourth-order valence-electron chi connectivity index (χ4n) is 2.89. The van der Waals surface area contributed by atoms with Crippen LogP contribution in [-0.2, 0) is 14.8 Å². The Bertz CT molecular complexity index is 618. The van der Waals surface area contributed by atoms with E-state index in [1.807, 2.05) is 19.1 Å². The minimum absolute atomic E-state index is 0.0384. The van der Waals surface area contributed by atoms with Gasteiger partial charge in [-0.05, 0) is 38.8 Å². The van der Waals surface area contributed by atoms with Gasteiger partial charge in [-0.3, -0.25) is 0 Å². The van der Waals surface area contributed by atoms with Crippen LogP contribution in [0.15, 0.2) is 17.0 Å². The minimum atomic E-state index is -3.65. The van der Waals surface area contributed by atoms with Crippen molar-refractivity contribution in [1.29, 1.82) is 0 Å². The van der Waals surface area contributed by atoms with Crippen LogP contribution in [0.25, 0.3) is 0 Å². The van der Waals surface area contributed by atoms with Gasteiger partial charge in [-0.1, -0.05) is 17.7 Å². The number of benzene rings is 1. The van der Waals surface area contributed by atoms with E-state index in [2.05, 4.69) is 4.72 Å². The highest BCUT2D eigenvalue weighted by Gasteiger charge is 2.40. The fourth-order valence-corrected chi connectivity index (χ4v) is 4.44. The first-order valence-electron chi connectivity index (χ1n) is 7.07. The van der Waals surface area contributed by atoms with Gasteiger partial charge in [0.1, 0.15) is 5.60 Å². The van der Waals surface area contributed by atoms with Crippen molar-refractivity contribution < 1.29 is 18.3 Å². The zero-order chi connectivity index (χ0) is 15.8. The van der Waals surface area contributed by atoms with Crippen LogP contribution >= 0.6 is 0 Å². The number of hydrogen-bond donors (Lipinski definition) is 2. The van der Waals surface area contributed by atoms with Gasteiger partial charge in [-0.2, -0.15) is 0 Å². The van der Waals surface area contributed by atoms with E-state index in [9.17, 15) is 13.5 Å². The Kier molecular flexibility index (Phi) is 4.44. The first kappa shape index (κ1) is 16.4. The Morgan fingerprint density at radius 2 is 1.90 bits per heavy atom. The van der Waals surface area contributed by atoms with Gasteiger partial charge in [-0.25, -0.2) is 13.1 Å². The lowest BCUT2D eigenvalue weighted by Crippen LogP contribution is -2.47. The summed E-state index contributed by atoms with van der Waals surface area (Å²) in [6.45, 7) is 7.66. The summed E-state index contributed by atoms with van der Waals surface area (Å²) < 4.78 is 32.9. The number of hydrogen-bond acceptors (Lipinski definition) is 4. The molecule has 0 spiro atoms. The van der Waals surface area contributed by atoms with Crippen LogP contribution in [0.5, 0.6) is 0 Å². The van der Waals surface area contributed by atoms with Crippen LogP contribution in [0.4, 0.5) is 0 Å². The first-order chi connectivity index (χ1) is 9.66. The van der Waals surface area contributed by atoms with Crippen LogP contribution in [-0.4, -0.2) is 38.4 Å². The van der Waals surface area contributed by atoms with E-state index < -0.39 is 15.6 Å². The molecule has 1 aromatic carbocycles. The molecular weight excluding hydrogens is 290 g/mol. The molecule has 0 aliphatic carbocycles. The number of nitrogens with one attached hydrogen (secondary N) is 1. The smallest absolute Gasteiger partial charge is 0.241 e. The molecule has 21 heavy (non-hydrogen) atoms. The minimum Gasteiger partial charge on any atom is -0.386 e. The highest BCUT2D eigenvalue weighted by molar-refractivity contribution is 7.89. The molecule has 2 atom stereocenters. The molecule has 0 radical (unpaired) electrons. The molecule has 0 amide bonds. The SMILES string of the molecule is Cc1cc(C)c(S(=O)(=O)NCC2(O)CCOC2C)c(C)c1. The van der Waals surface area contributed by atoms with Gasteiger partial charge in [0.2, 0.25) is 10.0 Å². The summed E-state index contributed by atoms with van der Waals surface area (Å²) >= 11 is 0. The van der Waals surface area contributed by atoms with Gasteiger partial charge in [0, 0.05) is 19.6 Å². The molecule has 1 heterocycles. The van der Waals surface area contributed by atoms with Gasteiger partial charge < -0.3 is 9.84 Å². The first-order valence-corrected chi connectivity index (χ1v) is 8.55. The predicted molar refractivity (Wildman–Crippen MR) is 80.8 cm³/mol. The summed E-state index contributed by atoms with van der Waals surface area (Å²) in [6.07, 6.45) is 0.0585. The average Bonchev–Trinajstić information content (AvgIpc) is 2.66. The van der Waals surface area contributed by atoms with E-state index in [1.165, 1.54) is 0 Å². The van der Waals surface area contributed by atoms with E-state index in [0.717, 1.165) is 5.56 Å². The van der Waals surface area contributed by atoms with Crippen LogP contribution in [0.2, 0.25) is 0 Å². The summed E-state index contributed by atoms with van der Waals surface area (Å²) in [5.41, 5.74) is 1.31. The quantitative estimate of drug-likeness (QED) is 0.882. The summed E-state index contributed by atoms with van der Waals surface area (Å²) in [7, 11) is -3.65. The molecule has 118 valence electrons. The van der Waals surface area contributed by atoms with Crippen molar-refractivity contribution >= 4 is 10.0 Å². The lowest BCUT2D eigenvalue weighted by Gasteiger charge is -2.26. The molecule has 1 fully saturated rings. The maximum absolute atomic E-state index is 12.5. The standard InChI is InChI=1S/C15H23NO4S/c1-10-7-11(2)14(12(3)8-10)21(18,19)16-9-15(17)5-6-20-13(15)4/h7-8,13,16-17H,5-6,9H2,1-4H3. The normalized spacial score (nSPS) is 26.2. The van der Waals surface area contributed by atoms with Crippen LogP contribution in [0.3, 0.4) is 0 Å². The molecule has 2 unspecified atom stereocenters. The van der Waals surface area contributed by atoms with Gasteiger partial charge in [0.05, 0.1) is 11.0 Å². The number of aryl methyl sites for hydroxylation is 3. The van der Waals surface area contributed by atoms with Gasteiger partial charge in [0.15, 0.2) is 0 Å². The molecule has 2 rings (SSSR count). The third kappa shape index (κ3) is 3.29. The maximum Gasteiger partial charge on any atom is 0.241 e. The number of rotatable bonds is 4. The zero-order valence-electron chi connectivity index (χ0n) is 12.9. The largest absolute Gasteiger partial charge is 0.386 e.